The average Bonchev–Trinajstić information content (AvgIpc) is 3.30. The molecule has 1 aromatic carbocycles. The Balaban J connectivity index is 0.00000256. The summed E-state index contributed by atoms with van der Waals surface area (Å²) >= 11 is 0. The molecule has 3 aromatic rings. The smallest absolute Gasteiger partial charge is 0.194 e. The molecule has 158 valence electrons. The van der Waals surface area contributed by atoms with Crippen molar-refractivity contribution >= 4 is 35.6 Å². The van der Waals surface area contributed by atoms with Crippen molar-refractivity contribution in [3.05, 3.63) is 72.4 Å². The second-order valence-corrected chi connectivity index (χ2v) is 6.80. The summed E-state index contributed by atoms with van der Waals surface area (Å²) in [6.07, 6.45) is 5.38. The Bertz CT molecular complexity index is 969. The van der Waals surface area contributed by atoms with Gasteiger partial charge in [0.05, 0.1) is 5.69 Å². The maximum atomic E-state index is 14.0. The van der Waals surface area contributed by atoms with Crippen molar-refractivity contribution in [2.24, 2.45) is 4.99 Å². The molecule has 1 fully saturated rings. The number of guanidine groups is 1. The second-order valence-electron chi connectivity index (χ2n) is 6.80. The Hall–Kier alpha value is -2.69. The molecule has 0 bridgehead atoms. The first-order valence-electron chi connectivity index (χ1n) is 9.64. The number of hydrogen-bond donors (Lipinski definition) is 1. The number of benzene rings is 1. The van der Waals surface area contributed by atoms with Crippen LogP contribution in [-0.4, -0.2) is 58.9 Å². The lowest BCUT2D eigenvalue weighted by molar-refractivity contribution is 0.370. The lowest BCUT2D eigenvalue weighted by Crippen LogP contribution is -2.52. The molecule has 1 N–H and O–H groups in total. The lowest BCUT2D eigenvalue weighted by Gasteiger charge is -2.37. The SMILES string of the molecule is CN=C(NCc1ccnc(-n2cccn2)c1)N1CCN(c2ccccc2F)CC1.I. The molecule has 0 saturated carbocycles. The molecule has 1 aliphatic rings. The van der Waals surface area contributed by atoms with Gasteiger partial charge in [-0.2, -0.15) is 5.10 Å². The van der Waals surface area contributed by atoms with Crippen molar-refractivity contribution in [1.82, 2.24) is 25.0 Å². The molecule has 3 heterocycles. The third-order valence-electron chi connectivity index (χ3n) is 4.98. The Morgan fingerprint density at radius 3 is 2.60 bits per heavy atom. The van der Waals surface area contributed by atoms with Gasteiger partial charge in [0.15, 0.2) is 11.8 Å². The number of piperazine rings is 1. The van der Waals surface area contributed by atoms with E-state index in [4.69, 9.17) is 0 Å². The molecular weight excluding hydrogens is 496 g/mol. The highest BCUT2D eigenvalue weighted by molar-refractivity contribution is 14.0. The maximum absolute atomic E-state index is 14.0. The fraction of sp³-hybridized carbons (Fsp3) is 0.286. The Morgan fingerprint density at radius 2 is 1.90 bits per heavy atom. The number of aliphatic imine (C=N–C) groups is 1. The highest BCUT2D eigenvalue weighted by Gasteiger charge is 2.21. The van der Waals surface area contributed by atoms with Crippen molar-refractivity contribution in [2.45, 2.75) is 6.54 Å². The van der Waals surface area contributed by atoms with E-state index in [2.05, 4.69) is 30.2 Å². The number of halogens is 2. The third-order valence-corrected chi connectivity index (χ3v) is 4.98. The fourth-order valence-corrected chi connectivity index (χ4v) is 3.48. The monoisotopic (exact) mass is 521 g/mol. The van der Waals surface area contributed by atoms with Crippen LogP contribution in [0.2, 0.25) is 0 Å². The fourth-order valence-electron chi connectivity index (χ4n) is 3.48. The van der Waals surface area contributed by atoms with Crippen LogP contribution in [0, 0.1) is 5.82 Å². The van der Waals surface area contributed by atoms with Gasteiger partial charge in [-0.25, -0.2) is 14.1 Å². The van der Waals surface area contributed by atoms with Crippen LogP contribution in [0.1, 0.15) is 5.56 Å². The predicted molar refractivity (Wildman–Crippen MR) is 127 cm³/mol. The van der Waals surface area contributed by atoms with E-state index in [0.29, 0.717) is 12.2 Å². The summed E-state index contributed by atoms with van der Waals surface area (Å²) in [7, 11) is 1.79. The van der Waals surface area contributed by atoms with Crippen molar-refractivity contribution in [3.8, 4) is 5.82 Å². The number of aromatic nitrogens is 3. The second kappa shape index (κ2) is 10.4. The first-order valence-corrected chi connectivity index (χ1v) is 9.64. The lowest BCUT2D eigenvalue weighted by atomic mass is 10.2. The highest BCUT2D eigenvalue weighted by atomic mass is 127. The quantitative estimate of drug-likeness (QED) is 0.325. The molecule has 0 atom stereocenters. The minimum atomic E-state index is -0.172. The molecule has 0 unspecified atom stereocenters. The van der Waals surface area contributed by atoms with Gasteiger partial charge in [-0.3, -0.25) is 4.99 Å². The van der Waals surface area contributed by atoms with E-state index >= 15 is 0 Å². The molecule has 0 amide bonds. The van der Waals surface area contributed by atoms with Gasteiger partial charge in [-0.15, -0.1) is 24.0 Å². The molecule has 2 aromatic heterocycles. The van der Waals surface area contributed by atoms with E-state index in [9.17, 15) is 4.39 Å². The van der Waals surface area contributed by atoms with Gasteiger partial charge in [0.1, 0.15) is 5.82 Å². The molecule has 0 radical (unpaired) electrons. The number of nitrogens with one attached hydrogen (secondary N) is 1. The largest absolute Gasteiger partial charge is 0.366 e. The minimum Gasteiger partial charge on any atom is -0.366 e. The molecule has 0 spiro atoms. The molecule has 1 saturated heterocycles. The molecule has 4 rings (SSSR count). The zero-order valence-electron chi connectivity index (χ0n) is 16.8. The van der Waals surface area contributed by atoms with E-state index in [1.54, 1.807) is 30.2 Å². The Labute approximate surface area is 192 Å². The number of pyridine rings is 1. The average molecular weight is 521 g/mol. The molecule has 1 aliphatic heterocycles. The van der Waals surface area contributed by atoms with Crippen molar-refractivity contribution in [2.75, 3.05) is 38.1 Å². The molecule has 30 heavy (non-hydrogen) atoms. The number of hydrogen-bond acceptors (Lipinski definition) is 4. The van der Waals surface area contributed by atoms with Gasteiger partial charge in [-0.1, -0.05) is 12.1 Å². The molecular formula is C21H25FIN7. The summed E-state index contributed by atoms with van der Waals surface area (Å²) in [4.78, 5) is 13.1. The van der Waals surface area contributed by atoms with E-state index in [-0.39, 0.29) is 29.8 Å². The van der Waals surface area contributed by atoms with Gasteiger partial charge in [0.25, 0.3) is 0 Å². The van der Waals surface area contributed by atoms with Crippen molar-refractivity contribution < 1.29 is 4.39 Å². The van der Waals surface area contributed by atoms with Gasteiger partial charge < -0.3 is 15.1 Å². The zero-order chi connectivity index (χ0) is 20.1. The van der Waals surface area contributed by atoms with Gasteiger partial charge in [-0.05, 0) is 35.9 Å². The molecule has 0 aliphatic carbocycles. The summed E-state index contributed by atoms with van der Waals surface area (Å²) in [5.41, 5.74) is 1.76. The summed E-state index contributed by atoms with van der Waals surface area (Å²) < 4.78 is 15.8. The summed E-state index contributed by atoms with van der Waals surface area (Å²) in [5, 5.41) is 7.64. The van der Waals surface area contributed by atoms with Crippen LogP contribution in [0.25, 0.3) is 5.82 Å². The standard InChI is InChI=1S/C21H24FN7.HI/c1-23-21(25-16-17-7-9-24-20(15-17)29-10-4-8-26-29)28-13-11-27(12-14-28)19-6-3-2-5-18(19)22;/h2-10,15H,11-14,16H2,1H3,(H,23,25);1H. The Morgan fingerprint density at radius 1 is 1.10 bits per heavy atom. The highest BCUT2D eigenvalue weighted by Crippen LogP contribution is 2.20. The van der Waals surface area contributed by atoms with Crippen LogP contribution in [0.15, 0.2) is 66.0 Å². The van der Waals surface area contributed by atoms with Crippen molar-refractivity contribution in [1.29, 1.82) is 0 Å². The first-order chi connectivity index (χ1) is 14.2. The van der Waals surface area contributed by atoms with Crippen LogP contribution in [-0.2, 0) is 6.54 Å². The van der Waals surface area contributed by atoms with Crippen LogP contribution in [0.5, 0.6) is 0 Å². The van der Waals surface area contributed by atoms with E-state index < -0.39 is 0 Å². The zero-order valence-corrected chi connectivity index (χ0v) is 19.1. The normalized spacial score (nSPS) is 14.4. The van der Waals surface area contributed by atoms with E-state index in [1.807, 2.05) is 36.5 Å². The number of rotatable bonds is 4. The van der Waals surface area contributed by atoms with E-state index in [1.165, 1.54) is 6.07 Å². The van der Waals surface area contributed by atoms with Gasteiger partial charge in [0, 0.05) is 58.4 Å². The van der Waals surface area contributed by atoms with Gasteiger partial charge >= 0.3 is 0 Å². The van der Waals surface area contributed by atoms with Crippen LogP contribution in [0.3, 0.4) is 0 Å². The third kappa shape index (κ3) is 5.07. The van der Waals surface area contributed by atoms with E-state index in [0.717, 1.165) is 43.5 Å². The number of anilines is 1. The van der Waals surface area contributed by atoms with Gasteiger partial charge in [0.2, 0.25) is 0 Å². The molecule has 7 nitrogen and oxygen atoms in total. The first kappa shape index (κ1) is 22.0. The van der Waals surface area contributed by atoms with Crippen LogP contribution in [0.4, 0.5) is 10.1 Å². The summed E-state index contributed by atoms with van der Waals surface area (Å²) in [6, 6.07) is 12.8. The van der Waals surface area contributed by atoms with Crippen molar-refractivity contribution in [3.63, 3.8) is 0 Å². The van der Waals surface area contributed by atoms with Crippen LogP contribution < -0.4 is 10.2 Å². The number of nitrogens with zero attached hydrogens (tertiary/aromatic N) is 6. The minimum absolute atomic E-state index is 0. The number of para-hydroxylation sites is 1. The molecule has 9 heteroatoms. The maximum Gasteiger partial charge on any atom is 0.194 e. The topological polar surface area (TPSA) is 61.6 Å². The van der Waals surface area contributed by atoms with Crippen LogP contribution >= 0.6 is 24.0 Å². The summed E-state index contributed by atoms with van der Waals surface area (Å²) in [6.45, 7) is 3.70. The summed E-state index contributed by atoms with van der Waals surface area (Å²) in [5.74, 6) is 1.45. The Kier molecular flexibility index (Phi) is 7.61. The predicted octanol–water partition coefficient (Wildman–Crippen LogP) is 2.92.